The molecule has 0 heterocycles. The zero-order valence-electron chi connectivity index (χ0n) is 18.1. The largest absolute Gasteiger partial charge is 0.423 e. The highest BCUT2D eigenvalue weighted by Crippen LogP contribution is 2.36. The predicted molar refractivity (Wildman–Crippen MR) is 118 cm³/mol. The molecule has 0 aromatic heterocycles. The number of unbranched alkanes of at least 4 members (excludes halogenated alkanes) is 2. The zero-order valence-corrected chi connectivity index (χ0v) is 18.1. The summed E-state index contributed by atoms with van der Waals surface area (Å²) in [7, 11) is 0. The van der Waals surface area contributed by atoms with Gasteiger partial charge in [-0.3, -0.25) is 0 Å². The fraction of sp³-hybridized carbons (Fsp3) is 0.462. The van der Waals surface area contributed by atoms with Gasteiger partial charge in [0.15, 0.2) is 0 Å². The monoisotopic (exact) mass is 423 g/mol. The number of hydrogen-bond donors (Lipinski definition) is 0. The molecule has 0 aliphatic heterocycles. The van der Waals surface area contributed by atoms with E-state index in [-0.39, 0.29) is 11.3 Å². The Morgan fingerprint density at radius 3 is 2.48 bits per heavy atom. The second-order valence-corrected chi connectivity index (χ2v) is 8.26. The number of nitrogens with zero attached hydrogens (tertiary/aromatic N) is 1. The van der Waals surface area contributed by atoms with Gasteiger partial charge in [0, 0.05) is 19.3 Å². The molecule has 0 unspecified atom stereocenters. The third-order valence-electron chi connectivity index (χ3n) is 5.98. The first-order chi connectivity index (χ1) is 15.1. The summed E-state index contributed by atoms with van der Waals surface area (Å²) >= 11 is 0. The highest BCUT2D eigenvalue weighted by Gasteiger charge is 2.23. The summed E-state index contributed by atoms with van der Waals surface area (Å²) in [5.41, 5.74) is 1.58. The van der Waals surface area contributed by atoms with Crippen molar-refractivity contribution in [2.75, 3.05) is 13.2 Å². The first kappa shape index (κ1) is 23.0. The van der Waals surface area contributed by atoms with E-state index in [1.54, 1.807) is 18.2 Å². The van der Waals surface area contributed by atoms with Crippen LogP contribution in [0.25, 0.3) is 0 Å². The topological polar surface area (TPSA) is 59.3 Å². The molecule has 3 rings (SSSR count). The molecule has 31 heavy (non-hydrogen) atoms. The van der Waals surface area contributed by atoms with Crippen LogP contribution in [0, 0.1) is 23.1 Å². The molecular formula is C26H30FNO3. The molecule has 2 aromatic carbocycles. The molecular weight excluding hydrogens is 393 g/mol. The summed E-state index contributed by atoms with van der Waals surface area (Å²) in [6.07, 6.45) is 8.23. The molecule has 0 amide bonds. The molecule has 1 aliphatic rings. The number of benzene rings is 2. The van der Waals surface area contributed by atoms with Crippen LogP contribution in [0.15, 0.2) is 42.5 Å². The number of ether oxygens (including phenoxy) is 2. The Hall–Kier alpha value is -2.71. The van der Waals surface area contributed by atoms with Gasteiger partial charge in [-0.05, 0) is 73.8 Å². The van der Waals surface area contributed by atoms with E-state index >= 15 is 0 Å². The summed E-state index contributed by atoms with van der Waals surface area (Å²) in [5.74, 6) is -0.000474. The van der Waals surface area contributed by atoms with Crippen molar-refractivity contribution in [2.24, 2.45) is 5.92 Å². The minimum absolute atomic E-state index is 0.0815. The predicted octanol–water partition coefficient (Wildman–Crippen LogP) is 6.40. The van der Waals surface area contributed by atoms with Gasteiger partial charge in [0.2, 0.25) is 0 Å². The van der Waals surface area contributed by atoms with Crippen molar-refractivity contribution in [3.63, 3.8) is 0 Å². The van der Waals surface area contributed by atoms with Crippen LogP contribution in [-0.2, 0) is 4.74 Å². The van der Waals surface area contributed by atoms with Crippen molar-refractivity contribution in [3.05, 3.63) is 65.0 Å². The fourth-order valence-electron chi connectivity index (χ4n) is 4.07. The zero-order chi connectivity index (χ0) is 22.1. The van der Waals surface area contributed by atoms with E-state index < -0.39 is 11.8 Å². The van der Waals surface area contributed by atoms with E-state index in [1.807, 2.05) is 12.1 Å². The Balaban J connectivity index is 1.47. The molecule has 0 spiro atoms. The molecule has 1 fully saturated rings. The molecule has 1 aliphatic carbocycles. The SMILES string of the molecule is CCCCCOC[C@H]1CC[C@H](c2ccc(C(=O)Oc3ccc(C#N)c(F)c3)cc2)CC1. The fourth-order valence-corrected chi connectivity index (χ4v) is 4.07. The smallest absolute Gasteiger partial charge is 0.343 e. The van der Waals surface area contributed by atoms with E-state index in [0.717, 1.165) is 38.5 Å². The van der Waals surface area contributed by atoms with Gasteiger partial charge < -0.3 is 9.47 Å². The lowest BCUT2D eigenvalue weighted by Crippen LogP contribution is -2.18. The quantitative estimate of drug-likeness (QED) is 0.266. The highest BCUT2D eigenvalue weighted by molar-refractivity contribution is 5.91. The lowest BCUT2D eigenvalue weighted by molar-refractivity contribution is 0.0734. The summed E-state index contributed by atoms with van der Waals surface area (Å²) in [6, 6.07) is 13.0. The van der Waals surface area contributed by atoms with Crippen molar-refractivity contribution >= 4 is 5.97 Å². The molecule has 2 aromatic rings. The summed E-state index contributed by atoms with van der Waals surface area (Å²) in [4.78, 5) is 12.4. The van der Waals surface area contributed by atoms with Gasteiger partial charge in [0.05, 0.1) is 11.1 Å². The normalized spacial score (nSPS) is 18.4. The third-order valence-corrected chi connectivity index (χ3v) is 5.98. The average Bonchev–Trinajstić information content (AvgIpc) is 2.79. The highest BCUT2D eigenvalue weighted by atomic mass is 19.1. The maximum absolute atomic E-state index is 13.7. The Kier molecular flexibility index (Phi) is 8.61. The molecule has 0 bridgehead atoms. The Bertz CT molecular complexity index is 896. The Morgan fingerprint density at radius 2 is 1.84 bits per heavy atom. The lowest BCUT2D eigenvalue weighted by Gasteiger charge is -2.28. The molecule has 0 saturated heterocycles. The maximum Gasteiger partial charge on any atom is 0.343 e. The second-order valence-electron chi connectivity index (χ2n) is 8.26. The standard InChI is InChI=1S/C26H30FNO3/c1-2-3-4-15-30-18-19-5-7-20(8-6-19)21-9-11-22(12-10-21)26(29)31-24-14-13-23(17-28)25(27)16-24/h9-14,16,19-20H,2-8,15,18H2,1H3/t19-,20-. The van der Waals surface area contributed by atoms with E-state index in [0.29, 0.717) is 17.4 Å². The number of rotatable bonds is 9. The van der Waals surface area contributed by atoms with Gasteiger partial charge in [-0.1, -0.05) is 31.9 Å². The van der Waals surface area contributed by atoms with Gasteiger partial charge in [-0.15, -0.1) is 0 Å². The van der Waals surface area contributed by atoms with Crippen LogP contribution >= 0.6 is 0 Å². The van der Waals surface area contributed by atoms with E-state index in [2.05, 4.69) is 6.92 Å². The first-order valence-electron chi connectivity index (χ1n) is 11.2. The number of carbonyl (C=O) groups is 1. The van der Waals surface area contributed by atoms with Gasteiger partial charge in [-0.25, -0.2) is 9.18 Å². The van der Waals surface area contributed by atoms with E-state index in [9.17, 15) is 9.18 Å². The molecule has 164 valence electrons. The lowest BCUT2D eigenvalue weighted by atomic mass is 9.79. The molecule has 4 nitrogen and oxygen atoms in total. The molecule has 5 heteroatoms. The Labute approximate surface area is 184 Å². The molecule has 1 saturated carbocycles. The number of nitriles is 1. The summed E-state index contributed by atoms with van der Waals surface area (Å²) in [6.45, 7) is 3.95. The van der Waals surface area contributed by atoms with Gasteiger partial charge >= 0.3 is 5.97 Å². The van der Waals surface area contributed by atoms with Crippen LogP contribution in [0.5, 0.6) is 5.75 Å². The minimum Gasteiger partial charge on any atom is -0.423 e. The van der Waals surface area contributed by atoms with E-state index in [1.165, 1.54) is 43.4 Å². The minimum atomic E-state index is -0.704. The van der Waals surface area contributed by atoms with Crippen molar-refractivity contribution in [3.8, 4) is 11.8 Å². The van der Waals surface area contributed by atoms with Crippen LogP contribution in [0.1, 0.15) is 79.3 Å². The van der Waals surface area contributed by atoms with Crippen LogP contribution in [0.3, 0.4) is 0 Å². The number of hydrogen-bond acceptors (Lipinski definition) is 4. The van der Waals surface area contributed by atoms with Crippen molar-refractivity contribution in [1.29, 1.82) is 5.26 Å². The van der Waals surface area contributed by atoms with Gasteiger partial charge in [0.1, 0.15) is 17.6 Å². The summed E-state index contributed by atoms with van der Waals surface area (Å²) in [5, 5.41) is 8.78. The van der Waals surface area contributed by atoms with Crippen LogP contribution in [0.4, 0.5) is 4.39 Å². The van der Waals surface area contributed by atoms with Crippen LogP contribution < -0.4 is 4.74 Å². The van der Waals surface area contributed by atoms with Crippen LogP contribution in [-0.4, -0.2) is 19.2 Å². The second kappa shape index (κ2) is 11.6. The number of carbonyl (C=O) groups excluding carboxylic acids is 1. The average molecular weight is 424 g/mol. The van der Waals surface area contributed by atoms with Crippen molar-refractivity contribution in [2.45, 2.75) is 57.8 Å². The van der Waals surface area contributed by atoms with Crippen LogP contribution in [0.2, 0.25) is 0 Å². The van der Waals surface area contributed by atoms with Gasteiger partial charge in [0.25, 0.3) is 0 Å². The van der Waals surface area contributed by atoms with Crippen molar-refractivity contribution < 1.29 is 18.7 Å². The number of esters is 1. The van der Waals surface area contributed by atoms with Gasteiger partial charge in [-0.2, -0.15) is 5.26 Å². The summed E-state index contributed by atoms with van der Waals surface area (Å²) < 4.78 is 24.8. The van der Waals surface area contributed by atoms with Crippen molar-refractivity contribution in [1.82, 2.24) is 0 Å². The molecule has 0 atom stereocenters. The third kappa shape index (κ3) is 6.63. The maximum atomic E-state index is 13.7. The first-order valence-corrected chi connectivity index (χ1v) is 11.2. The Morgan fingerprint density at radius 1 is 1.10 bits per heavy atom. The molecule has 0 N–H and O–H groups in total. The van der Waals surface area contributed by atoms with E-state index in [4.69, 9.17) is 14.7 Å². The number of halogens is 1. The molecule has 0 radical (unpaired) electrons.